The third-order valence-electron chi connectivity index (χ3n) is 3.33. The van der Waals surface area contributed by atoms with Gasteiger partial charge >= 0.3 is 5.97 Å². The van der Waals surface area contributed by atoms with E-state index in [9.17, 15) is 9.59 Å². The summed E-state index contributed by atoms with van der Waals surface area (Å²) < 4.78 is 5.31. The molecule has 1 aliphatic heterocycles. The fourth-order valence-electron chi connectivity index (χ4n) is 2.45. The highest BCUT2D eigenvalue weighted by atomic mass is 16.4. The molecule has 1 atom stereocenters. The van der Waals surface area contributed by atoms with Crippen molar-refractivity contribution in [3.63, 3.8) is 0 Å². The van der Waals surface area contributed by atoms with Crippen molar-refractivity contribution in [2.75, 3.05) is 18.0 Å². The Morgan fingerprint density at radius 1 is 1.55 bits per heavy atom. The summed E-state index contributed by atoms with van der Waals surface area (Å²) in [6, 6.07) is 2.74. The number of carbonyl (C=O) groups excluding carboxylic acids is 1. The van der Waals surface area contributed by atoms with Crippen molar-refractivity contribution in [1.82, 2.24) is 10.3 Å². The molecule has 7 nitrogen and oxygen atoms in total. The van der Waals surface area contributed by atoms with E-state index in [1.807, 2.05) is 0 Å². The molecule has 3 heterocycles. The van der Waals surface area contributed by atoms with Crippen LogP contribution in [0, 0.1) is 0 Å². The molecule has 0 radical (unpaired) electrons. The normalized spacial score (nSPS) is 19.1. The van der Waals surface area contributed by atoms with E-state index in [2.05, 4.69) is 10.3 Å². The minimum absolute atomic E-state index is 0.262. The second-order valence-corrected chi connectivity index (χ2v) is 4.57. The fourth-order valence-corrected chi connectivity index (χ4v) is 2.45. The van der Waals surface area contributed by atoms with E-state index in [4.69, 9.17) is 9.52 Å². The second kappa shape index (κ2) is 4.84. The van der Waals surface area contributed by atoms with Gasteiger partial charge in [0.15, 0.2) is 0 Å². The molecule has 1 amide bonds. The van der Waals surface area contributed by atoms with Crippen LogP contribution in [0.3, 0.4) is 0 Å². The van der Waals surface area contributed by atoms with Gasteiger partial charge in [-0.05, 0) is 12.1 Å². The number of furan rings is 1. The zero-order chi connectivity index (χ0) is 14.1. The maximum atomic E-state index is 11.9. The lowest BCUT2D eigenvalue weighted by Crippen LogP contribution is -2.56. The molecule has 20 heavy (non-hydrogen) atoms. The number of carbonyl (C=O) groups is 2. The number of aliphatic carboxylic acids is 1. The van der Waals surface area contributed by atoms with E-state index in [1.54, 1.807) is 29.5 Å². The van der Waals surface area contributed by atoms with Crippen LogP contribution in [-0.4, -0.2) is 41.1 Å². The smallest absolute Gasteiger partial charge is 0.305 e. The number of carboxylic acids is 1. The van der Waals surface area contributed by atoms with Crippen molar-refractivity contribution in [3.05, 3.63) is 24.6 Å². The van der Waals surface area contributed by atoms with Gasteiger partial charge in [-0.15, -0.1) is 0 Å². The summed E-state index contributed by atoms with van der Waals surface area (Å²) in [7, 11) is 0. The van der Waals surface area contributed by atoms with Gasteiger partial charge in [-0.1, -0.05) is 0 Å². The molecule has 2 aromatic rings. The Morgan fingerprint density at radius 2 is 2.40 bits per heavy atom. The Kier molecular flexibility index (Phi) is 3.02. The molecule has 0 aliphatic carbocycles. The Morgan fingerprint density at radius 3 is 3.20 bits per heavy atom. The minimum atomic E-state index is -1.02. The number of anilines is 1. The average Bonchev–Trinajstić information content (AvgIpc) is 2.89. The number of nitrogens with one attached hydrogen (secondary N) is 1. The number of fused-ring (bicyclic) bond motifs is 1. The van der Waals surface area contributed by atoms with Crippen LogP contribution in [0.25, 0.3) is 11.0 Å². The van der Waals surface area contributed by atoms with Crippen LogP contribution in [0.15, 0.2) is 29.0 Å². The average molecular weight is 275 g/mol. The number of aromatic nitrogens is 1. The van der Waals surface area contributed by atoms with Gasteiger partial charge in [0.05, 0.1) is 18.1 Å². The molecule has 0 saturated carbocycles. The van der Waals surface area contributed by atoms with Crippen molar-refractivity contribution in [2.24, 2.45) is 0 Å². The molecule has 0 aromatic carbocycles. The molecule has 1 fully saturated rings. The van der Waals surface area contributed by atoms with Gasteiger partial charge in [-0.2, -0.15) is 0 Å². The third kappa shape index (κ3) is 2.07. The summed E-state index contributed by atoms with van der Waals surface area (Å²) >= 11 is 0. The van der Waals surface area contributed by atoms with E-state index in [-0.39, 0.29) is 12.3 Å². The lowest BCUT2D eigenvalue weighted by molar-refractivity contribution is -0.139. The van der Waals surface area contributed by atoms with Gasteiger partial charge in [0, 0.05) is 19.3 Å². The summed E-state index contributed by atoms with van der Waals surface area (Å²) in [6.07, 6.45) is 2.87. The molecular weight excluding hydrogens is 262 g/mol. The highest BCUT2D eigenvalue weighted by molar-refractivity contribution is 5.94. The maximum absolute atomic E-state index is 11.9. The standard InChI is InChI=1S/C13H13N3O4/c17-11(18)7-9-13(19)15-4-5-16(9)12-8-2-6-20-10(8)1-3-14-12/h1-3,6,9H,4-5,7H2,(H,15,19)(H,17,18). The molecule has 2 aromatic heterocycles. The first-order chi connectivity index (χ1) is 9.66. The van der Waals surface area contributed by atoms with Crippen molar-refractivity contribution in [2.45, 2.75) is 12.5 Å². The molecule has 1 unspecified atom stereocenters. The highest BCUT2D eigenvalue weighted by Gasteiger charge is 2.33. The van der Waals surface area contributed by atoms with Crippen molar-refractivity contribution >= 4 is 28.7 Å². The Hall–Kier alpha value is -2.57. The number of hydrogen-bond donors (Lipinski definition) is 2. The molecule has 1 saturated heterocycles. The summed E-state index contributed by atoms with van der Waals surface area (Å²) in [5, 5.41) is 12.4. The van der Waals surface area contributed by atoms with Crippen LogP contribution in [-0.2, 0) is 9.59 Å². The number of amides is 1. The number of rotatable bonds is 3. The van der Waals surface area contributed by atoms with E-state index >= 15 is 0 Å². The molecule has 1 aliphatic rings. The van der Waals surface area contributed by atoms with Crippen LogP contribution in [0.2, 0.25) is 0 Å². The molecule has 7 heteroatoms. The molecular formula is C13H13N3O4. The van der Waals surface area contributed by atoms with Gasteiger partial charge in [0.2, 0.25) is 5.91 Å². The molecule has 3 rings (SSSR count). The number of pyridine rings is 1. The zero-order valence-electron chi connectivity index (χ0n) is 10.6. The molecule has 104 valence electrons. The van der Waals surface area contributed by atoms with Gasteiger partial charge in [0.1, 0.15) is 17.4 Å². The predicted octanol–water partition coefficient (Wildman–Crippen LogP) is 0.607. The largest absolute Gasteiger partial charge is 0.481 e. The monoisotopic (exact) mass is 275 g/mol. The first-order valence-electron chi connectivity index (χ1n) is 6.25. The first kappa shape index (κ1) is 12.5. The molecule has 0 bridgehead atoms. The molecule has 0 spiro atoms. The van der Waals surface area contributed by atoms with Gasteiger partial charge in [-0.3, -0.25) is 9.59 Å². The number of carboxylic acid groups (broad SMARTS) is 1. The van der Waals surface area contributed by atoms with Crippen LogP contribution in [0.1, 0.15) is 6.42 Å². The van der Waals surface area contributed by atoms with E-state index in [0.717, 1.165) is 5.39 Å². The fraction of sp³-hybridized carbons (Fsp3) is 0.308. The lowest BCUT2D eigenvalue weighted by atomic mass is 10.1. The predicted molar refractivity (Wildman–Crippen MR) is 70.4 cm³/mol. The van der Waals surface area contributed by atoms with E-state index < -0.39 is 12.0 Å². The van der Waals surface area contributed by atoms with E-state index in [0.29, 0.717) is 24.5 Å². The van der Waals surface area contributed by atoms with Crippen molar-refractivity contribution < 1.29 is 19.1 Å². The third-order valence-corrected chi connectivity index (χ3v) is 3.33. The quantitative estimate of drug-likeness (QED) is 0.852. The maximum Gasteiger partial charge on any atom is 0.305 e. The van der Waals surface area contributed by atoms with E-state index in [1.165, 1.54) is 0 Å². The van der Waals surface area contributed by atoms with Gasteiger partial charge in [-0.25, -0.2) is 4.98 Å². The highest BCUT2D eigenvalue weighted by Crippen LogP contribution is 2.28. The second-order valence-electron chi connectivity index (χ2n) is 4.57. The van der Waals surface area contributed by atoms with Crippen molar-refractivity contribution in [3.8, 4) is 0 Å². The van der Waals surface area contributed by atoms with Gasteiger partial charge < -0.3 is 19.7 Å². The van der Waals surface area contributed by atoms with Crippen LogP contribution in [0.4, 0.5) is 5.82 Å². The first-order valence-corrected chi connectivity index (χ1v) is 6.25. The molecule has 2 N–H and O–H groups in total. The number of nitrogens with zero attached hydrogens (tertiary/aromatic N) is 2. The van der Waals surface area contributed by atoms with Crippen LogP contribution < -0.4 is 10.2 Å². The Labute approximate surface area is 114 Å². The summed E-state index contributed by atoms with van der Waals surface area (Å²) in [5.41, 5.74) is 0.662. The number of piperazine rings is 1. The summed E-state index contributed by atoms with van der Waals surface area (Å²) in [5.74, 6) is -0.727. The summed E-state index contributed by atoms with van der Waals surface area (Å²) in [6.45, 7) is 0.978. The SMILES string of the molecule is O=C(O)CC1C(=O)NCCN1c1nccc2occc12. The van der Waals surface area contributed by atoms with Crippen LogP contribution >= 0.6 is 0 Å². The minimum Gasteiger partial charge on any atom is -0.481 e. The van der Waals surface area contributed by atoms with Crippen molar-refractivity contribution in [1.29, 1.82) is 0 Å². The summed E-state index contributed by atoms with van der Waals surface area (Å²) in [4.78, 5) is 28.9. The number of hydrogen-bond acceptors (Lipinski definition) is 5. The topological polar surface area (TPSA) is 95.7 Å². The lowest BCUT2D eigenvalue weighted by Gasteiger charge is -2.35. The Balaban J connectivity index is 2.03. The van der Waals surface area contributed by atoms with Gasteiger partial charge in [0.25, 0.3) is 0 Å². The van der Waals surface area contributed by atoms with Crippen LogP contribution in [0.5, 0.6) is 0 Å². The zero-order valence-corrected chi connectivity index (χ0v) is 10.6. The Bertz CT molecular complexity index is 666.